The van der Waals surface area contributed by atoms with Gasteiger partial charge in [-0.2, -0.15) is 4.98 Å². The van der Waals surface area contributed by atoms with Crippen molar-refractivity contribution < 1.29 is 9.32 Å². The van der Waals surface area contributed by atoms with Gasteiger partial charge in [-0.05, 0) is 55.6 Å². The predicted molar refractivity (Wildman–Crippen MR) is 116 cm³/mol. The first-order chi connectivity index (χ1) is 14.7. The van der Waals surface area contributed by atoms with Crippen molar-refractivity contribution in [1.82, 2.24) is 20.4 Å². The number of piperidine rings is 1. The van der Waals surface area contributed by atoms with Gasteiger partial charge in [-0.3, -0.25) is 9.69 Å². The first-order valence-electron chi connectivity index (χ1n) is 10.3. The van der Waals surface area contributed by atoms with E-state index >= 15 is 0 Å². The molecule has 1 amide bonds. The summed E-state index contributed by atoms with van der Waals surface area (Å²) in [4.78, 5) is 19.1. The first-order valence-corrected chi connectivity index (χ1v) is 10.7. The zero-order valence-electron chi connectivity index (χ0n) is 16.8. The van der Waals surface area contributed by atoms with Crippen molar-refractivity contribution in [2.24, 2.45) is 0 Å². The van der Waals surface area contributed by atoms with Gasteiger partial charge in [0, 0.05) is 23.7 Å². The third-order valence-corrected chi connectivity index (χ3v) is 5.60. The standard InChI is InChI=1S/C23H25ClN4O2/c24-20-10-8-18(9-11-20)22-26-23(30-27-22)19-7-4-14-28(15-19)16-21(29)25-13-12-17-5-2-1-3-6-17/h1-3,5-6,8-11,19H,4,7,12-16H2,(H,25,29). The molecule has 1 aliphatic heterocycles. The van der Waals surface area contributed by atoms with Gasteiger partial charge >= 0.3 is 0 Å². The average molecular weight is 425 g/mol. The highest BCUT2D eigenvalue weighted by Gasteiger charge is 2.27. The van der Waals surface area contributed by atoms with Gasteiger partial charge in [0.05, 0.1) is 12.5 Å². The Hall–Kier alpha value is -2.70. The van der Waals surface area contributed by atoms with E-state index in [9.17, 15) is 4.79 Å². The van der Waals surface area contributed by atoms with Crippen LogP contribution in [0.1, 0.15) is 30.2 Å². The van der Waals surface area contributed by atoms with Crippen LogP contribution in [0, 0.1) is 0 Å². The Bertz CT molecular complexity index is 959. The number of nitrogens with one attached hydrogen (secondary N) is 1. The van der Waals surface area contributed by atoms with E-state index in [1.165, 1.54) is 5.56 Å². The number of aromatic nitrogens is 2. The van der Waals surface area contributed by atoms with Crippen molar-refractivity contribution >= 4 is 17.5 Å². The van der Waals surface area contributed by atoms with Crippen LogP contribution in [-0.2, 0) is 11.2 Å². The lowest BCUT2D eigenvalue weighted by molar-refractivity contribution is -0.122. The van der Waals surface area contributed by atoms with Crippen molar-refractivity contribution in [3.63, 3.8) is 0 Å². The molecule has 2 heterocycles. The van der Waals surface area contributed by atoms with E-state index in [2.05, 4.69) is 32.5 Å². The SMILES string of the molecule is O=C(CN1CCCC(c2nc(-c3ccc(Cl)cc3)no2)C1)NCCc1ccccc1. The summed E-state index contributed by atoms with van der Waals surface area (Å²) in [6.07, 6.45) is 2.82. The summed E-state index contributed by atoms with van der Waals surface area (Å²) in [6, 6.07) is 17.6. The average Bonchev–Trinajstić information content (AvgIpc) is 3.26. The largest absolute Gasteiger partial charge is 0.355 e. The van der Waals surface area contributed by atoms with Crippen LogP contribution in [0.5, 0.6) is 0 Å². The minimum atomic E-state index is 0.0546. The van der Waals surface area contributed by atoms with Crippen molar-refractivity contribution in [3.8, 4) is 11.4 Å². The summed E-state index contributed by atoms with van der Waals surface area (Å²) in [5.41, 5.74) is 2.10. The highest BCUT2D eigenvalue weighted by molar-refractivity contribution is 6.30. The van der Waals surface area contributed by atoms with Crippen molar-refractivity contribution in [1.29, 1.82) is 0 Å². The Labute approximate surface area is 181 Å². The van der Waals surface area contributed by atoms with Gasteiger partial charge in [0.25, 0.3) is 0 Å². The summed E-state index contributed by atoms with van der Waals surface area (Å²) < 4.78 is 5.53. The molecule has 7 heteroatoms. The van der Waals surface area contributed by atoms with Crippen molar-refractivity contribution in [3.05, 3.63) is 71.1 Å². The molecular formula is C23H25ClN4O2. The van der Waals surface area contributed by atoms with E-state index in [-0.39, 0.29) is 11.8 Å². The molecule has 1 fully saturated rings. The zero-order valence-corrected chi connectivity index (χ0v) is 17.5. The second-order valence-electron chi connectivity index (χ2n) is 7.62. The van der Waals surface area contributed by atoms with Gasteiger partial charge in [-0.1, -0.05) is 47.1 Å². The molecule has 1 atom stereocenters. The van der Waals surface area contributed by atoms with Crippen LogP contribution < -0.4 is 5.32 Å². The molecule has 1 aromatic heterocycles. The minimum absolute atomic E-state index is 0.0546. The van der Waals surface area contributed by atoms with Crippen LogP contribution in [0.3, 0.4) is 0 Å². The smallest absolute Gasteiger partial charge is 0.234 e. The second kappa shape index (κ2) is 9.87. The normalized spacial score (nSPS) is 17.0. The number of carbonyl (C=O) groups is 1. The summed E-state index contributed by atoms with van der Waals surface area (Å²) in [6.45, 7) is 2.69. The van der Waals surface area contributed by atoms with Crippen LogP contribution in [0.2, 0.25) is 5.02 Å². The Balaban J connectivity index is 1.28. The van der Waals surface area contributed by atoms with E-state index in [1.54, 1.807) is 0 Å². The van der Waals surface area contributed by atoms with Gasteiger partial charge < -0.3 is 9.84 Å². The Kier molecular flexibility index (Phi) is 6.77. The Morgan fingerprint density at radius 3 is 2.77 bits per heavy atom. The molecular weight excluding hydrogens is 400 g/mol. The fraction of sp³-hybridized carbons (Fsp3) is 0.348. The molecule has 0 spiro atoms. The van der Waals surface area contributed by atoms with Gasteiger partial charge in [-0.15, -0.1) is 0 Å². The lowest BCUT2D eigenvalue weighted by Crippen LogP contribution is -2.42. The Morgan fingerprint density at radius 2 is 1.97 bits per heavy atom. The molecule has 156 valence electrons. The number of carbonyl (C=O) groups excluding carboxylic acids is 1. The molecule has 1 saturated heterocycles. The topological polar surface area (TPSA) is 71.3 Å². The highest BCUT2D eigenvalue weighted by Crippen LogP contribution is 2.27. The number of benzene rings is 2. The lowest BCUT2D eigenvalue weighted by atomic mass is 9.98. The molecule has 30 heavy (non-hydrogen) atoms. The number of hydrogen-bond acceptors (Lipinski definition) is 5. The van der Waals surface area contributed by atoms with Crippen molar-refractivity contribution in [2.75, 3.05) is 26.2 Å². The molecule has 0 bridgehead atoms. The van der Waals surface area contributed by atoms with E-state index < -0.39 is 0 Å². The molecule has 1 N–H and O–H groups in total. The van der Waals surface area contributed by atoms with E-state index in [1.807, 2.05) is 42.5 Å². The molecule has 0 radical (unpaired) electrons. The van der Waals surface area contributed by atoms with Gasteiger partial charge in [0.2, 0.25) is 17.6 Å². The maximum absolute atomic E-state index is 12.3. The summed E-state index contributed by atoms with van der Waals surface area (Å²) >= 11 is 5.94. The number of nitrogens with zero attached hydrogens (tertiary/aromatic N) is 3. The molecule has 1 unspecified atom stereocenters. The summed E-state index contributed by atoms with van der Waals surface area (Å²) in [5, 5.41) is 7.81. The maximum Gasteiger partial charge on any atom is 0.234 e. The monoisotopic (exact) mass is 424 g/mol. The molecule has 4 rings (SSSR count). The number of likely N-dealkylation sites (tertiary alicyclic amines) is 1. The third kappa shape index (κ3) is 5.46. The third-order valence-electron chi connectivity index (χ3n) is 5.34. The summed E-state index contributed by atoms with van der Waals surface area (Å²) in [7, 11) is 0. The number of halogens is 1. The van der Waals surface area contributed by atoms with Crippen LogP contribution in [-0.4, -0.2) is 47.1 Å². The van der Waals surface area contributed by atoms with E-state index in [0.29, 0.717) is 29.8 Å². The second-order valence-corrected chi connectivity index (χ2v) is 8.06. The molecule has 1 aliphatic rings. The van der Waals surface area contributed by atoms with E-state index in [0.717, 1.165) is 37.9 Å². The Morgan fingerprint density at radius 1 is 1.17 bits per heavy atom. The maximum atomic E-state index is 12.3. The van der Waals surface area contributed by atoms with Crippen LogP contribution in [0.15, 0.2) is 59.1 Å². The van der Waals surface area contributed by atoms with Gasteiger partial charge in [-0.25, -0.2) is 0 Å². The molecule has 0 aliphatic carbocycles. The first kappa shape index (κ1) is 20.6. The molecule has 0 saturated carbocycles. The predicted octanol–water partition coefficient (Wildman–Crippen LogP) is 3.93. The fourth-order valence-electron chi connectivity index (χ4n) is 3.77. The van der Waals surface area contributed by atoms with Gasteiger partial charge in [0.15, 0.2) is 0 Å². The summed E-state index contributed by atoms with van der Waals surface area (Å²) in [5.74, 6) is 1.40. The molecule has 6 nitrogen and oxygen atoms in total. The highest BCUT2D eigenvalue weighted by atomic mass is 35.5. The molecule has 3 aromatic rings. The molecule has 2 aromatic carbocycles. The minimum Gasteiger partial charge on any atom is -0.355 e. The zero-order chi connectivity index (χ0) is 20.8. The fourth-order valence-corrected chi connectivity index (χ4v) is 3.89. The van der Waals surface area contributed by atoms with E-state index in [4.69, 9.17) is 16.1 Å². The van der Waals surface area contributed by atoms with Crippen LogP contribution in [0.25, 0.3) is 11.4 Å². The van der Waals surface area contributed by atoms with Crippen LogP contribution >= 0.6 is 11.6 Å². The number of hydrogen-bond donors (Lipinski definition) is 1. The van der Waals surface area contributed by atoms with Crippen LogP contribution in [0.4, 0.5) is 0 Å². The van der Waals surface area contributed by atoms with Gasteiger partial charge in [0.1, 0.15) is 0 Å². The quantitative estimate of drug-likeness (QED) is 0.622. The van der Waals surface area contributed by atoms with Crippen molar-refractivity contribution in [2.45, 2.75) is 25.2 Å². The number of amides is 1. The number of rotatable bonds is 7. The lowest BCUT2D eigenvalue weighted by Gasteiger charge is -2.30.